The van der Waals surface area contributed by atoms with Crippen LogP contribution in [0.3, 0.4) is 0 Å². The number of esters is 1. The van der Waals surface area contributed by atoms with Crippen molar-refractivity contribution in [2.75, 3.05) is 12.9 Å². The molecule has 0 aliphatic rings. The quantitative estimate of drug-likeness (QED) is 0.376. The van der Waals surface area contributed by atoms with Gasteiger partial charge in [-0.25, -0.2) is 18.4 Å². The van der Waals surface area contributed by atoms with Gasteiger partial charge in [0.15, 0.2) is 6.04 Å². The van der Waals surface area contributed by atoms with Crippen LogP contribution in [-0.2, 0) is 36.5 Å². The first kappa shape index (κ1) is 25.9. The Labute approximate surface area is 192 Å². The maximum absolute atomic E-state index is 14.5. The Kier molecular flexibility index (Phi) is 9.46. The number of methoxy groups -OCH3 is 1. The standard InChI is InChI=1S/C22H24F2N2O6S/c1-15-8-10-17(11-9-15)33(30)13-22(20(23)24,18(25-14-27)19(28)31-2)26-21(29)32-12-16-6-4-3-5-7-16/h3-11,14,18,20H,12-13H2,1-2H3,(H,25,27)(H,26,29)/t18-,22+,33+/m1/s1. The van der Waals surface area contributed by atoms with Gasteiger partial charge in [-0.2, -0.15) is 0 Å². The van der Waals surface area contributed by atoms with Crippen molar-refractivity contribution in [1.29, 1.82) is 0 Å². The SMILES string of the molecule is COC(=O)[C@@H](NC=O)[C@](C[S@](=O)c1ccc(C)cc1)(NC(=O)OCc1ccccc1)C(F)F. The number of carbonyl (C=O) groups excluding carboxylic acids is 3. The Bertz CT molecular complexity index is 975. The fraction of sp³-hybridized carbons (Fsp3) is 0.318. The molecule has 0 saturated heterocycles. The third-order valence-corrected chi connectivity index (χ3v) is 6.32. The number of halogens is 2. The summed E-state index contributed by atoms with van der Waals surface area (Å²) >= 11 is 0. The number of alkyl halides is 2. The molecular formula is C22H24F2N2O6S. The fourth-order valence-electron chi connectivity index (χ4n) is 2.99. The molecule has 2 aromatic carbocycles. The van der Waals surface area contributed by atoms with Crippen molar-refractivity contribution in [2.24, 2.45) is 0 Å². The molecule has 11 heteroatoms. The van der Waals surface area contributed by atoms with Gasteiger partial charge < -0.3 is 20.1 Å². The van der Waals surface area contributed by atoms with E-state index in [-0.39, 0.29) is 17.9 Å². The molecule has 0 aliphatic carbocycles. The predicted molar refractivity (Wildman–Crippen MR) is 116 cm³/mol. The highest BCUT2D eigenvalue weighted by Crippen LogP contribution is 2.26. The van der Waals surface area contributed by atoms with Gasteiger partial charge in [-0.15, -0.1) is 0 Å². The topological polar surface area (TPSA) is 111 Å². The van der Waals surface area contributed by atoms with Gasteiger partial charge in [-0.1, -0.05) is 48.0 Å². The van der Waals surface area contributed by atoms with Crippen molar-refractivity contribution in [3.8, 4) is 0 Å². The summed E-state index contributed by atoms with van der Waals surface area (Å²) in [5.41, 5.74) is -1.35. The highest BCUT2D eigenvalue weighted by molar-refractivity contribution is 7.85. The molecule has 0 bridgehead atoms. The Hall–Kier alpha value is -3.34. The van der Waals surface area contributed by atoms with E-state index in [9.17, 15) is 27.4 Å². The van der Waals surface area contributed by atoms with Crippen molar-refractivity contribution < 1.29 is 36.8 Å². The second kappa shape index (κ2) is 12.0. The average Bonchev–Trinajstić information content (AvgIpc) is 2.81. The van der Waals surface area contributed by atoms with Gasteiger partial charge >= 0.3 is 12.1 Å². The predicted octanol–water partition coefficient (Wildman–Crippen LogP) is 2.32. The summed E-state index contributed by atoms with van der Waals surface area (Å²) in [4.78, 5) is 36.1. The Morgan fingerprint density at radius 3 is 2.30 bits per heavy atom. The third kappa shape index (κ3) is 6.82. The molecule has 178 valence electrons. The van der Waals surface area contributed by atoms with Crippen LogP contribution in [0.2, 0.25) is 0 Å². The van der Waals surface area contributed by atoms with Crippen LogP contribution in [0.4, 0.5) is 13.6 Å². The maximum atomic E-state index is 14.5. The van der Waals surface area contributed by atoms with E-state index in [1.165, 1.54) is 12.1 Å². The molecule has 2 aromatic rings. The summed E-state index contributed by atoms with van der Waals surface area (Å²) in [6, 6.07) is 12.7. The lowest BCUT2D eigenvalue weighted by molar-refractivity contribution is -0.148. The number of hydrogen-bond donors (Lipinski definition) is 2. The van der Waals surface area contributed by atoms with E-state index in [1.807, 2.05) is 10.6 Å². The van der Waals surface area contributed by atoms with E-state index in [0.717, 1.165) is 12.7 Å². The van der Waals surface area contributed by atoms with Crippen LogP contribution in [0.1, 0.15) is 11.1 Å². The van der Waals surface area contributed by atoms with Crippen molar-refractivity contribution >= 4 is 29.3 Å². The number of benzene rings is 2. The highest BCUT2D eigenvalue weighted by atomic mass is 32.2. The van der Waals surface area contributed by atoms with Crippen molar-refractivity contribution in [3.63, 3.8) is 0 Å². The van der Waals surface area contributed by atoms with Gasteiger partial charge in [0.05, 0.1) is 23.7 Å². The summed E-state index contributed by atoms with van der Waals surface area (Å²) < 4.78 is 51.6. The number of carbonyl (C=O) groups is 3. The van der Waals surface area contributed by atoms with Crippen LogP contribution in [0.25, 0.3) is 0 Å². The first-order valence-electron chi connectivity index (χ1n) is 9.73. The molecule has 0 heterocycles. The van der Waals surface area contributed by atoms with E-state index in [0.29, 0.717) is 5.56 Å². The number of amides is 2. The smallest absolute Gasteiger partial charge is 0.408 e. The zero-order valence-corrected chi connectivity index (χ0v) is 18.8. The third-order valence-electron chi connectivity index (χ3n) is 4.78. The minimum atomic E-state index is -3.44. The molecule has 0 radical (unpaired) electrons. The molecule has 33 heavy (non-hydrogen) atoms. The monoisotopic (exact) mass is 482 g/mol. The second-order valence-electron chi connectivity index (χ2n) is 7.07. The summed E-state index contributed by atoms with van der Waals surface area (Å²) in [5.74, 6) is -2.17. The van der Waals surface area contributed by atoms with Gasteiger partial charge in [0, 0.05) is 4.90 Å². The lowest BCUT2D eigenvalue weighted by Gasteiger charge is -2.38. The zero-order chi connectivity index (χ0) is 24.4. The van der Waals surface area contributed by atoms with Gasteiger partial charge in [-0.05, 0) is 24.6 Å². The van der Waals surface area contributed by atoms with E-state index >= 15 is 0 Å². The molecule has 3 atom stereocenters. The number of ether oxygens (including phenoxy) is 2. The van der Waals surface area contributed by atoms with E-state index < -0.39 is 46.6 Å². The number of hydrogen-bond acceptors (Lipinski definition) is 6. The number of aryl methyl sites for hydroxylation is 1. The van der Waals surface area contributed by atoms with Crippen LogP contribution in [0, 0.1) is 6.92 Å². The number of alkyl carbamates (subject to hydrolysis) is 1. The summed E-state index contributed by atoms with van der Waals surface area (Å²) in [7, 11) is -1.16. The van der Waals surface area contributed by atoms with Crippen LogP contribution in [-0.4, -0.2) is 53.6 Å². The van der Waals surface area contributed by atoms with Crippen LogP contribution < -0.4 is 10.6 Å². The fourth-order valence-corrected chi connectivity index (χ4v) is 4.39. The Morgan fingerprint density at radius 2 is 1.76 bits per heavy atom. The molecule has 2 N–H and O–H groups in total. The number of nitrogens with one attached hydrogen (secondary N) is 2. The first-order valence-corrected chi connectivity index (χ1v) is 11.0. The van der Waals surface area contributed by atoms with E-state index in [4.69, 9.17) is 4.74 Å². The molecule has 0 aromatic heterocycles. The van der Waals surface area contributed by atoms with Crippen LogP contribution >= 0.6 is 0 Å². The van der Waals surface area contributed by atoms with E-state index in [1.54, 1.807) is 49.4 Å². The minimum Gasteiger partial charge on any atom is -0.467 e. The maximum Gasteiger partial charge on any atom is 0.408 e. The van der Waals surface area contributed by atoms with Gasteiger partial charge in [0.2, 0.25) is 6.41 Å². The van der Waals surface area contributed by atoms with Gasteiger partial charge in [-0.3, -0.25) is 9.00 Å². The summed E-state index contributed by atoms with van der Waals surface area (Å²) in [6.07, 6.45) is -4.71. The highest BCUT2D eigenvalue weighted by Gasteiger charge is 2.54. The van der Waals surface area contributed by atoms with Crippen molar-refractivity contribution in [1.82, 2.24) is 10.6 Å². The van der Waals surface area contributed by atoms with Crippen molar-refractivity contribution in [2.45, 2.75) is 36.4 Å². The largest absolute Gasteiger partial charge is 0.467 e. The second-order valence-corrected chi connectivity index (χ2v) is 8.52. The van der Waals surface area contributed by atoms with Gasteiger partial charge in [0.25, 0.3) is 6.43 Å². The lowest BCUT2D eigenvalue weighted by atomic mass is 9.92. The summed E-state index contributed by atoms with van der Waals surface area (Å²) in [6.45, 7) is 1.55. The molecule has 0 spiro atoms. The average molecular weight is 483 g/mol. The zero-order valence-electron chi connectivity index (χ0n) is 18.0. The normalized spacial score (nSPS) is 14.5. The molecule has 0 fully saturated rings. The molecule has 0 aliphatic heterocycles. The van der Waals surface area contributed by atoms with Crippen LogP contribution in [0.15, 0.2) is 59.5 Å². The Morgan fingerprint density at radius 1 is 1.12 bits per heavy atom. The minimum absolute atomic E-state index is 0.0183. The van der Waals surface area contributed by atoms with Gasteiger partial charge in [0.1, 0.15) is 12.1 Å². The van der Waals surface area contributed by atoms with Crippen molar-refractivity contribution in [3.05, 3.63) is 65.7 Å². The first-order chi connectivity index (χ1) is 15.7. The van der Waals surface area contributed by atoms with E-state index in [2.05, 4.69) is 4.74 Å². The molecule has 2 amide bonds. The number of rotatable bonds is 11. The Balaban J connectivity index is 2.39. The lowest BCUT2D eigenvalue weighted by Crippen LogP contribution is -2.70. The molecular weight excluding hydrogens is 458 g/mol. The molecule has 0 unspecified atom stereocenters. The molecule has 0 saturated carbocycles. The molecule has 8 nitrogen and oxygen atoms in total. The summed E-state index contributed by atoms with van der Waals surface area (Å²) in [5, 5.41) is 3.95. The molecule has 2 rings (SSSR count). The van der Waals surface area contributed by atoms with Crippen LogP contribution in [0.5, 0.6) is 0 Å².